The first-order chi connectivity index (χ1) is 10.2. The van der Waals surface area contributed by atoms with Gasteiger partial charge in [0.05, 0.1) is 5.56 Å². The molecule has 6 nitrogen and oxygen atoms in total. The molecule has 1 aromatic carbocycles. The maximum atomic E-state index is 12.6. The molecule has 1 amide bonds. The summed E-state index contributed by atoms with van der Waals surface area (Å²) in [6.07, 6.45) is -3.42. The second-order valence-electron chi connectivity index (χ2n) is 4.40. The number of carbonyl (C=O) groups excluding carboxylic acids is 1. The van der Waals surface area contributed by atoms with Crippen LogP contribution in [0.2, 0.25) is 0 Å². The third-order valence-electron chi connectivity index (χ3n) is 2.72. The lowest BCUT2D eigenvalue weighted by atomic mass is 10.2. The van der Waals surface area contributed by atoms with Crippen LogP contribution < -0.4 is 5.32 Å². The lowest BCUT2D eigenvalue weighted by Crippen LogP contribution is -2.17. The van der Waals surface area contributed by atoms with Crippen molar-refractivity contribution >= 4 is 17.6 Å². The SMILES string of the molecule is Cn1cc(C(=O)O)c(C(=O)Nc2cccc(C(F)(F)F)c2)n1. The molecule has 0 spiro atoms. The topological polar surface area (TPSA) is 84.2 Å². The minimum atomic E-state index is -4.54. The number of alkyl halides is 3. The molecule has 2 rings (SSSR count). The molecule has 0 fully saturated rings. The average molecular weight is 313 g/mol. The van der Waals surface area contributed by atoms with Crippen LogP contribution in [0, 0.1) is 0 Å². The molecule has 0 atom stereocenters. The van der Waals surface area contributed by atoms with E-state index in [4.69, 9.17) is 5.11 Å². The zero-order chi connectivity index (χ0) is 16.5. The van der Waals surface area contributed by atoms with Gasteiger partial charge in [0.15, 0.2) is 5.69 Å². The fourth-order valence-corrected chi connectivity index (χ4v) is 1.78. The van der Waals surface area contributed by atoms with Gasteiger partial charge in [-0.2, -0.15) is 18.3 Å². The first-order valence-electron chi connectivity index (χ1n) is 5.94. The van der Waals surface area contributed by atoms with Gasteiger partial charge in [0, 0.05) is 18.9 Å². The van der Waals surface area contributed by atoms with Gasteiger partial charge in [-0.3, -0.25) is 9.48 Å². The lowest BCUT2D eigenvalue weighted by Gasteiger charge is -2.09. The Morgan fingerprint density at radius 1 is 1.32 bits per heavy atom. The molecule has 22 heavy (non-hydrogen) atoms. The lowest BCUT2D eigenvalue weighted by molar-refractivity contribution is -0.137. The van der Waals surface area contributed by atoms with Crippen molar-refractivity contribution in [2.75, 3.05) is 5.32 Å². The molecule has 0 radical (unpaired) electrons. The molecule has 1 aromatic heterocycles. The number of halogens is 3. The van der Waals surface area contributed by atoms with Gasteiger partial charge in [-0.1, -0.05) is 6.07 Å². The number of anilines is 1. The van der Waals surface area contributed by atoms with Crippen molar-refractivity contribution in [1.29, 1.82) is 0 Å². The normalized spacial score (nSPS) is 11.3. The highest BCUT2D eigenvalue weighted by Gasteiger charge is 2.30. The number of nitrogens with zero attached hydrogens (tertiary/aromatic N) is 2. The Kier molecular flexibility index (Phi) is 3.89. The van der Waals surface area contributed by atoms with Crippen molar-refractivity contribution in [3.8, 4) is 0 Å². The summed E-state index contributed by atoms with van der Waals surface area (Å²) in [7, 11) is 1.42. The van der Waals surface area contributed by atoms with Crippen molar-refractivity contribution in [2.45, 2.75) is 6.18 Å². The molecule has 0 bridgehead atoms. The van der Waals surface area contributed by atoms with Crippen LogP contribution in [0.15, 0.2) is 30.5 Å². The Bertz CT molecular complexity index is 738. The smallest absolute Gasteiger partial charge is 0.416 e. The molecule has 0 saturated heterocycles. The number of rotatable bonds is 3. The molecular weight excluding hydrogens is 303 g/mol. The number of carboxylic acids is 1. The Labute approximate surface area is 122 Å². The number of aryl methyl sites for hydroxylation is 1. The Morgan fingerprint density at radius 2 is 2.00 bits per heavy atom. The van der Waals surface area contributed by atoms with Crippen LogP contribution in [0.4, 0.5) is 18.9 Å². The first-order valence-corrected chi connectivity index (χ1v) is 5.94. The average Bonchev–Trinajstić information content (AvgIpc) is 2.80. The number of aromatic nitrogens is 2. The molecule has 0 unspecified atom stereocenters. The molecule has 0 saturated carbocycles. The minimum Gasteiger partial charge on any atom is -0.478 e. The van der Waals surface area contributed by atoms with Gasteiger partial charge in [-0.15, -0.1) is 0 Å². The third-order valence-corrected chi connectivity index (χ3v) is 2.72. The summed E-state index contributed by atoms with van der Waals surface area (Å²) in [6.45, 7) is 0. The second-order valence-corrected chi connectivity index (χ2v) is 4.40. The molecule has 0 aliphatic carbocycles. The van der Waals surface area contributed by atoms with Crippen molar-refractivity contribution in [2.24, 2.45) is 7.05 Å². The number of carbonyl (C=O) groups is 2. The predicted molar refractivity (Wildman–Crippen MR) is 69.6 cm³/mol. The van der Waals surface area contributed by atoms with E-state index in [1.807, 2.05) is 0 Å². The van der Waals surface area contributed by atoms with E-state index < -0.39 is 23.6 Å². The van der Waals surface area contributed by atoms with E-state index in [2.05, 4.69) is 10.4 Å². The summed E-state index contributed by atoms with van der Waals surface area (Å²) in [4.78, 5) is 23.0. The number of benzene rings is 1. The number of carboxylic acid groups (broad SMARTS) is 1. The number of hydrogen-bond donors (Lipinski definition) is 2. The largest absolute Gasteiger partial charge is 0.478 e. The predicted octanol–water partition coefficient (Wildman–Crippen LogP) is 2.39. The van der Waals surface area contributed by atoms with Gasteiger partial charge in [0.25, 0.3) is 5.91 Å². The third kappa shape index (κ3) is 3.25. The Hall–Kier alpha value is -2.84. The van der Waals surface area contributed by atoms with Crippen LogP contribution in [-0.2, 0) is 13.2 Å². The van der Waals surface area contributed by atoms with Crippen LogP contribution in [0.1, 0.15) is 26.4 Å². The molecule has 1 heterocycles. The summed E-state index contributed by atoms with van der Waals surface area (Å²) >= 11 is 0. The summed E-state index contributed by atoms with van der Waals surface area (Å²) in [5.41, 5.74) is -1.76. The van der Waals surface area contributed by atoms with Gasteiger partial charge in [-0.05, 0) is 18.2 Å². The standard InChI is InChI=1S/C13H10F3N3O3/c1-19-6-9(12(21)22)10(18-19)11(20)17-8-4-2-3-7(5-8)13(14,15)16/h2-6H,1H3,(H,17,20)(H,21,22). The van der Waals surface area contributed by atoms with E-state index in [0.717, 1.165) is 29.1 Å². The van der Waals surface area contributed by atoms with Gasteiger partial charge in [0.1, 0.15) is 5.56 Å². The highest BCUT2D eigenvalue weighted by atomic mass is 19.4. The van der Waals surface area contributed by atoms with E-state index >= 15 is 0 Å². The van der Waals surface area contributed by atoms with E-state index in [9.17, 15) is 22.8 Å². The summed E-state index contributed by atoms with van der Waals surface area (Å²) < 4.78 is 38.9. The van der Waals surface area contributed by atoms with E-state index in [1.54, 1.807) is 0 Å². The van der Waals surface area contributed by atoms with Gasteiger partial charge < -0.3 is 10.4 Å². The van der Waals surface area contributed by atoms with Crippen molar-refractivity contribution in [3.63, 3.8) is 0 Å². The molecular formula is C13H10F3N3O3. The Morgan fingerprint density at radius 3 is 2.59 bits per heavy atom. The van der Waals surface area contributed by atoms with Gasteiger partial charge in [0.2, 0.25) is 0 Å². The fraction of sp³-hybridized carbons (Fsp3) is 0.154. The van der Waals surface area contributed by atoms with Gasteiger partial charge in [-0.25, -0.2) is 4.79 Å². The molecule has 9 heteroatoms. The quantitative estimate of drug-likeness (QED) is 0.911. The Balaban J connectivity index is 2.28. The molecule has 116 valence electrons. The molecule has 0 aliphatic rings. The zero-order valence-corrected chi connectivity index (χ0v) is 11.2. The second kappa shape index (κ2) is 5.51. The fourth-order valence-electron chi connectivity index (χ4n) is 1.78. The zero-order valence-electron chi connectivity index (χ0n) is 11.2. The molecule has 2 N–H and O–H groups in total. The molecule has 0 aliphatic heterocycles. The van der Waals surface area contributed by atoms with Crippen LogP contribution in [0.25, 0.3) is 0 Å². The number of nitrogens with one attached hydrogen (secondary N) is 1. The first kappa shape index (κ1) is 15.5. The highest BCUT2D eigenvalue weighted by Crippen LogP contribution is 2.30. The highest BCUT2D eigenvalue weighted by molar-refractivity contribution is 6.09. The summed E-state index contributed by atoms with van der Waals surface area (Å²) in [5.74, 6) is -2.26. The van der Waals surface area contributed by atoms with Crippen molar-refractivity contribution < 1.29 is 27.9 Å². The van der Waals surface area contributed by atoms with Crippen LogP contribution in [-0.4, -0.2) is 26.8 Å². The van der Waals surface area contributed by atoms with Crippen molar-refractivity contribution in [3.05, 3.63) is 47.3 Å². The number of aromatic carboxylic acids is 1. The molecule has 2 aromatic rings. The summed E-state index contributed by atoms with van der Waals surface area (Å²) in [6, 6.07) is 4.01. The monoisotopic (exact) mass is 313 g/mol. The van der Waals surface area contributed by atoms with E-state index in [1.165, 1.54) is 13.1 Å². The van der Waals surface area contributed by atoms with E-state index in [0.29, 0.717) is 0 Å². The minimum absolute atomic E-state index is 0.109. The van der Waals surface area contributed by atoms with Crippen molar-refractivity contribution in [1.82, 2.24) is 9.78 Å². The summed E-state index contributed by atoms with van der Waals surface area (Å²) in [5, 5.41) is 14.9. The number of amides is 1. The van der Waals surface area contributed by atoms with Crippen LogP contribution >= 0.6 is 0 Å². The maximum absolute atomic E-state index is 12.6. The number of hydrogen-bond acceptors (Lipinski definition) is 3. The van der Waals surface area contributed by atoms with Gasteiger partial charge >= 0.3 is 12.1 Å². The maximum Gasteiger partial charge on any atom is 0.416 e. The van der Waals surface area contributed by atoms with E-state index in [-0.39, 0.29) is 16.9 Å². The van der Waals surface area contributed by atoms with Crippen LogP contribution in [0.3, 0.4) is 0 Å². The van der Waals surface area contributed by atoms with Crippen LogP contribution in [0.5, 0.6) is 0 Å².